The summed E-state index contributed by atoms with van der Waals surface area (Å²) in [4.78, 5) is 19.3. The number of nitrogens with zero attached hydrogens (tertiary/aromatic N) is 3. The van der Waals surface area contributed by atoms with Crippen molar-refractivity contribution in [2.75, 3.05) is 0 Å². The van der Waals surface area contributed by atoms with Crippen molar-refractivity contribution >= 4 is 17.6 Å². The molecular weight excluding hydrogens is 234 g/mol. The second-order valence-electron chi connectivity index (χ2n) is 4.91. The summed E-state index contributed by atoms with van der Waals surface area (Å²) in [5.41, 5.74) is 1.15. The summed E-state index contributed by atoms with van der Waals surface area (Å²) in [6, 6.07) is 0. The lowest BCUT2D eigenvalue weighted by molar-refractivity contribution is 0.111. The summed E-state index contributed by atoms with van der Waals surface area (Å²) in [6.07, 6.45) is 4.18. The van der Waals surface area contributed by atoms with Crippen LogP contribution in [0.4, 0.5) is 0 Å². The van der Waals surface area contributed by atoms with Crippen molar-refractivity contribution in [3.8, 4) is 0 Å². The van der Waals surface area contributed by atoms with E-state index in [4.69, 9.17) is 0 Å². The largest absolute Gasteiger partial charge is 0.322 e. The van der Waals surface area contributed by atoms with Crippen molar-refractivity contribution in [2.45, 2.75) is 32.7 Å². The lowest BCUT2D eigenvalue weighted by Crippen LogP contribution is -2.12. The highest BCUT2D eigenvalue weighted by Crippen LogP contribution is 2.24. The van der Waals surface area contributed by atoms with Crippen LogP contribution < -0.4 is 0 Å². The van der Waals surface area contributed by atoms with Gasteiger partial charge < -0.3 is 4.57 Å². The van der Waals surface area contributed by atoms with Crippen LogP contribution in [0.25, 0.3) is 0 Å². The number of aromatic nitrogens is 3. The molecule has 4 nitrogen and oxygen atoms in total. The first-order chi connectivity index (χ1) is 8.00. The third-order valence-electron chi connectivity index (χ3n) is 2.48. The van der Waals surface area contributed by atoms with E-state index in [0.717, 1.165) is 17.0 Å². The smallest absolute Gasteiger partial charge is 0.185 e. The monoisotopic (exact) mass is 249 g/mol. The molecule has 2 heterocycles. The van der Waals surface area contributed by atoms with Crippen LogP contribution in [0.15, 0.2) is 17.8 Å². The first-order valence-electron chi connectivity index (χ1n) is 5.42. The van der Waals surface area contributed by atoms with E-state index in [1.54, 1.807) is 28.3 Å². The van der Waals surface area contributed by atoms with Crippen LogP contribution in [0.3, 0.4) is 0 Å². The van der Waals surface area contributed by atoms with E-state index in [0.29, 0.717) is 12.4 Å². The molecule has 0 aliphatic carbocycles. The number of aldehydes is 1. The maximum Gasteiger partial charge on any atom is 0.185 e. The van der Waals surface area contributed by atoms with Gasteiger partial charge in [0.2, 0.25) is 0 Å². The molecule has 0 radical (unpaired) electrons. The van der Waals surface area contributed by atoms with Crippen molar-refractivity contribution in [3.63, 3.8) is 0 Å². The van der Waals surface area contributed by atoms with Crippen molar-refractivity contribution in [1.29, 1.82) is 0 Å². The highest BCUT2D eigenvalue weighted by Gasteiger charge is 2.17. The molecule has 2 rings (SSSR count). The number of hydrogen-bond donors (Lipinski definition) is 0. The maximum atomic E-state index is 10.7. The Morgan fingerprint density at radius 1 is 1.47 bits per heavy atom. The fourth-order valence-electron chi connectivity index (χ4n) is 1.45. The molecule has 0 saturated heterocycles. The van der Waals surface area contributed by atoms with Gasteiger partial charge in [-0.15, -0.1) is 11.3 Å². The van der Waals surface area contributed by atoms with Crippen LogP contribution in [0.1, 0.15) is 42.1 Å². The van der Waals surface area contributed by atoms with Gasteiger partial charge in [-0.25, -0.2) is 9.97 Å². The SMILES string of the molecule is CC(C)(C)c1csc(Cn2ccnc2C=O)n1. The molecular formula is C12H15N3OS. The first kappa shape index (κ1) is 12.0. The molecule has 0 N–H and O–H groups in total. The van der Waals surface area contributed by atoms with Crippen LogP contribution in [0.2, 0.25) is 0 Å². The quantitative estimate of drug-likeness (QED) is 0.785. The molecule has 5 heteroatoms. The lowest BCUT2D eigenvalue weighted by Gasteiger charge is -2.14. The molecule has 0 bridgehead atoms. The minimum absolute atomic E-state index is 0.0666. The topological polar surface area (TPSA) is 47.8 Å². The van der Waals surface area contributed by atoms with E-state index < -0.39 is 0 Å². The minimum Gasteiger partial charge on any atom is -0.322 e. The Morgan fingerprint density at radius 2 is 2.24 bits per heavy atom. The minimum atomic E-state index is 0.0666. The Labute approximate surface area is 104 Å². The Hall–Kier alpha value is -1.49. The van der Waals surface area contributed by atoms with Crippen LogP contribution in [0.5, 0.6) is 0 Å². The predicted octanol–water partition coefficient (Wildman–Crippen LogP) is 2.50. The van der Waals surface area contributed by atoms with E-state index in [1.165, 1.54) is 0 Å². The molecule has 0 amide bonds. The van der Waals surface area contributed by atoms with Gasteiger partial charge in [0, 0.05) is 23.2 Å². The fraction of sp³-hybridized carbons (Fsp3) is 0.417. The van der Waals surface area contributed by atoms with Gasteiger partial charge in [-0.1, -0.05) is 20.8 Å². The number of hydrogen-bond acceptors (Lipinski definition) is 4. The molecule has 0 aliphatic heterocycles. The summed E-state index contributed by atoms with van der Waals surface area (Å²) < 4.78 is 1.80. The molecule has 17 heavy (non-hydrogen) atoms. The summed E-state index contributed by atoms with van der Waals surface area (Å²) in [7, 11) is 0. The van der Waals surface area contributed by atoms with Crippen LogP contribution in [-0.4, -0.2) is 20.8 Å². The van der Waals surface area contributed by atoms with Gasteiger partial charge >= 0.3 is 0 Å². The molecule has 0 saturated carbocycles. The van der Waals surface area contributed by atoms with Crippen LogP contribution >= 0.6 is 11.3 Å². The Balaban J connectivity index is 2.20. The fourth-order valence-corrected chi connectivity index (χ4v) is 2.46. The van der Waals surface area contributed by atoms with Gasteiger partial charge in [-0.05, 0) is 0 Å². The van der Waals surface area contributed by atoms with Gasteiger partial charge in [0.25, 0.3) is 0 Å². The lowest BCUT2D eigenvalue weighted by atomic mass is 9.93. The second kappa shape index (κ2) is 4.41. The van der Waals surface area contributed by atoms with E-state index in [9.17, 15) is 4.79 Å². The van der Waals surface area contributed by atoms with Crippen LogP contribution in [0, 0.1) is 0 Å². The summed E-state index contributed by atoms with van der Waals surface area (Å²) in [5.74, 6) is 0.442. The molecule has 0 spiro atoms. The predicted molar refractivity (Wildman–Crippen MR) is 67.5 cm³/mol. The number of carbonyl (C=O) groups is 1. The zero-order valence-electron chi connectivity index (χ0n) is 10.2. The van der Waals surface area contributed by atoms with E-state index in [1.807, 2.05) is 0 Å². The number of imidazole rings is 1. The number of rotatable bonds is 3. The van der Waals surface area contributed by atoms with E-state index in [2.05, 4.69) is 36.1 Å². The zero-order chi connectivity index (χ0) is 12.5. The van der Waals surface area contributed by atoms with Crippen molar-refractivity contribution in [2.24, 2.45) is 0 Å². The number of thiazole rings is 1. The zero-order valence-corrected chi connectivity index (χ0v) is 11.0. The number of carbonyl (C=O) groups excluding carboxylic acids is 1. The van der Waals surface area contributed by atoms with Gasteiger partial charge in [-0.2, -0.15) is 0 Å². The third-order valence-corrected chi connectivity index (χ3v) is 3.31. The maximum absolute atomic E-state index is 10.7. The van der Waals surface area contributed by atoms with Gasteiger partial charge in [-0.3, -0.25) is 4.79 Å². The Kier molecular flexibility index (Phi) is 3.11. The normalized spacial score (nSPS) is 11.7. The van der Waals surface area contributed by atoms with Crippen molar-refractivity contribution in [1.82, 2.24) is 14.5 Å². The van der Waals surface area contributed by atoms with Crippen molar-refractivity contribution in [3.05, 3.63) is 34.3 Å². The van der Waals surface area contributed by atoms with Crippen molar-refractivity contribution < 1.29 is 4.79 Å². The summed E-state index contributed by atoms with van der Waals surface area (Å²) >= 11 is 1.62. The van der Waals surface area contributed by atoms with E-state index in [-0.39, 0.29) is 5.41 Å². The molecule has 0 aliphatic rings. The molecule has 0 atom stereocenters. The highest BCUT2D eigenvalue weighted by atomic mass is 32.1. The molecule has 0 aromatic carbocycles. The highest BCUT2D eigenvalue weighted by molar-refractivity contribution is 7.09. The summed E-state index contributed by atoms with van der Waals surface area (Å²) in [5, 5.41) is 3.07. The molecule has 90 valence electrons. The van der Waals surface area contributed by atoms with Gasteiger partial charge in [0.15, 0.2) is 12.1 Å². The first-order valence-corrected chi connectivity index (χ1v) is 6.30. The second-order valence-corrected chi connectivity index (χ2v) is 5.85. The average molecular weight is 249 g/mol. The standard InChI is InChI=1S/C12H15N3OS/c1-12(2,3)9-8-17-11(14-9)6-15-5-4-13-10(15)7-16/h4-5,7-8H,6H2,1-3H3. The Morgan fingerprint density at radius 3 is 2.82 bits per heavy atom. The molecule has 0 unspecified atom stereocenters. The van der Waals surface area contributed by atoms with Crippen LogP contribution in [-0.2, 0) is 12.0 Å². The van der Waals surface area contributed by atoms with Gasteiger partial charge in [0.1, 0.15) is 5.01 Å². The average Bonchev–Trinajstić information content (AvgIpc) is 2.86. The summed E-state index contributed by atoms with van der Waals surface area (Å²) in [6.45, 7) is 7.02. The molecule has 2 aromatic heterocycles. The Bertz CT molecular complexity index is 522. The molecule has 2 aromatic rings. The third kappa shape index (κ3) is 2.61. The van der Waals surface area contributed by atoms with Gasteiger partial charge in [0.05, 0.1) is 12.2 Å². The molecule has 0 fully saturated rings. The van der Waals surface area contributed by atoms with E-state index >= 15 is 0 Å².